The second-order valence-electron chi connectivity index (χ2n) is 5.42. The SMILES string of the molecule is Cc1ccc([C@@H]2[C@H](C(=O)Nc3nccs3)OCC(=O)N2C)cc1. The Morgan fingerprint density at radius 2 is 2.13 bits per heavy atom. The number of carbonyl (C=O) groups is 2. The molecule has 2 amide bonds. The van der Waals surface area contributed by atoms with Crippen LogP contribution in [0.5, 0.6) is 0 Å². The van der Waals surface area contributed by atoms with E-state index in [4.69, 9.17) is 4.74 Å². The van der Waals surface area contributed by atoms with Crippen molar-refractivity contribution in [2.45, 2.75) is 19.1 Å². The number of nitrogens with one attached hydrogen (secondary N) is 1. The van der Waals surface area contributed by atoms with E-state index in [0.29, 0.717) is 5.13 Å². The standard InChI is InChI=1S/C16H17N3O3S/c1-10-3-5-11(6-4-10)13-14(22-9-12(20)19(13)2)15(21)18-16-17-7-8-23-16/h3-8,13-14H,9H2,1-2H3,(H,17,18,21)/t13-,14-/m1/s1. The monoisotopic (exact) mass is 331 g/mol. The average molecular weight is 331 g/mol. The van der Waals surface area contributed by atoms with Gasteiger partial charge in [0.25, 0.3) is 5.91 Å². The molecule has 0 bridgehead atoms. The van der Waals surface area contributed by atoms with Gasteiger partial charge in [-0.1, -0.05) is 29.8 Å². The van der Waals surface area contributed by atoms with Crippen LogP contribution in [0.2, 0.25) is 0 Å². The Balaban J connectivity index is 1.88. The summed E-state index contributed by atoms with van der Waals surface area (Å²) in [6, 6.07) is 7.29. The van der Waals surface area contributed by atoms with Crippen LogP contribution in [0.15, 0.2) is 35.8 Å². The van der Waals surface area contributed by atoms with Crippen LogP contribution in [0, 0.1) is 6.92 Å². The topological polar surface area (TPSA) is 71.5 Å². The van der Waals surface area contributed by atoms with Crippen LogP contribution in [0.1, 0.15) is 17.2 Å². The number of anilines is 1. The number of carbonyl (C=O) groups excluding carboxylic acids is 2. The summed E-state index contributed by atoms with van der Waals surface area (Å²) in [6.45, 7) is 1.89. The fourth-order valence-electron chi connectivity index (χ4n) is 2.56. The zero-order valence-corrected chi connectivity index (χ0v) is 13.7. The van der Waals surface area contributed by atoms with E-state index in [9.17, 15) is 9.59 Å². The van der Waals surface area contributed by atoms with Gasteiger partial charge in [-0.05, 0) is 12.5 Å². The number of amides is 2. The van der Waals surface area contributed by atoms with Crippen molar-refractivity contribution in [2.24, 2.45) is 0 Å². The van der Waals surface area contributed by atoms with Crippen molar-refractivity contribution < 1.29 is 14.3 Å². The predicted molar refractivity (Wildman–Crippen MR) is 87.2 cm³/mol. The molecule has 1 N–H and O–H groups in total. The molecule has 1 fully saturated rings. The number of aromatic nitrogens is 1. The fraction of sp³-hybridized carbons (Fsp3) is 0.312. The number of benzene rings is 1. The average Bonchev–Trinajstić information content (AvgIpc) is 3.04. The summed E-state index contributed by atoms with van der Waals surface area (Å²) >= 11 is 1.34. The molecule has 2 aromatic rings. The molecule has 0 aliphatic carbocycles. The largest absolute Gasteiger partial charge is 0.356 e. The quantitative estimate of drug-likeness (QED) is 0.934. The maximum atomic E-state index is 12.6. The third-order valence-corrected chi connectivity index (χ3v) is 4.51. The molecule has 3 rings (SSSR count). The fourth-order valence-corrected chi connectivity index (χ4v) is 3.09. The van der Waals surface area contributed by atoms with E-state index in [2.05, 4.69) is 10.3 Å². The van der Waals surface area contributed by atoms with Crippen molar-refractivity contribution in [1.29, 1.82) is 0 Å². The third-order valence-electron chi connectivity index (χ3n) is 3.82. The molecule has 1 aromatic heterocycles. The molecule has 7 heteroatoms. The lowest BCUT2D eigenvalue weighted by atomic mass is 9.97. The second-order valence-corrected chi connectivity index (χ2v) is 6.31. The van der Waals surface area contributed by atoms with Gasteiger partial charge in [0.1, 0.15) is 6.61 Å². The smallest absolute Gasteiger partial charge is 0.257 e. The van der Waals surface area contributed by atoms with Crippen molar-refractivity contribution in [1.82, 2.24) is 9.88 Å². The lowest BCUT2D eigenvalue weighted by Gasteiger charge is -2.38. The molecule has 1 aromatic carbocycles. The van der Waals surface area contributed by atoms with Gasteiger partial charge in [-0.3, -0.25) is 14.9 Å². The highest BCUT2D eigenvalue weighted by molar-refractivity contribution is 7.13. The van der Waals surface area contributed by atoms with Crippen LogP contribution in [0.3, 0.4) is 0 Å². The minimum atomic E-state index is -0.774. The van der Waals surface area contributed by atoms with Crippen molar-refractivity contribution in [2.75, 3.05) is 19.0 Å². The summed E-state index contributed by atoms with van der Waals surface area (Å²) in [5.74, 6) is -0.446. The molecule has 120 valence electrons. The van der Waals surface area contributed by atoms with Gasteiger partial charge in [-0.15, -0.1) is 11.3 Å². The molecular formula is C16H17N3O3S. The van der Waals surface area contributed by atoms with Crippen molar-refractivity contribution in [3.8, 4) is 0 Å². The number of likely N-dealkylation sites (N-methyl/N-ethyl adjacent to an activating group) is 1. The summed E-state index contributed by atoms with van der Waals surface area (Å²) in [5, 5.41) is 5.04. The van der Waals surface area contributed by atoms with Gasteiger partial charge < -0.3 is 9.64 Å². The van der Waals surface area contributed by atoms with Gasteiger partial charge in [-0.25, -0.2) is 4.98 Å². The maximum Gasteiger partial charge on any atom is 0.257 e. The number of thiazole rings is 1. The van der Waals surface area contributed by atoms with Gasteiger partial charge in [0.15, 0.2) is 11.2 Å². The van der Waals surface area contributed by atoms with E-state index in [1.807, 2.05) is 31.2 Å². The first-order valence-electron chi connectivity index (χ1n) is 7.20. The molecule has 0 saturated carbocycles. The first-order valence-corrected chi connectivity index (χ1v) is 8.08. The number of rotatable bonds is 3. The van der Waals surface area contributed by atoms with E-state index >= 15 is 0 Å². The van der Waals surface area contributed by atoms with Crippen LogP contribution in [-0.4, -0.2) is 41.5 Å². The minimum Gasteiger partial charge on any atom is -0.356 e. The van der Waals surface area contributed by atoms with Crippen LogP contribution >= 0.6 is 11.3 Å². The first-order chi connectivity index (χ1) is 11.1. The number of ether oxygens (including phenoxy) is 1. The molecule has 23 heavy (non-hydrogen) atoms. The third kappa shape index (κ3) is 3.25. The highest BCUT2D eigenvalue weighted by Crippen LogP contribution is 2.30. The first kappa shape index (κ1) is 15.6. The summed E-state index contributed by atoms with van der Waals surface area (Å²) in [4.78, 5) is 30.2. The molecule has 1 aliphatic heterocycles. The molecule has 2 atom stereocenters. The second kappa shape index (κ2) is 6.47. The zero-order valence-electron chi connectivity index (χ0n) is 12.9. The van der Waals surface area contributed by atoms with Gasteiger partial charge in [0, 0.05) is 18.6 Å². The Morgan fingerprint density at radius 1 is 1.39 bits per heavy atom. The molecule has 0 radical (unpaired) electrons. The Bertz CT molecular complexity index is 700. The van der Waals surface area contributed by atoms with Crippen LogP contribution in [0.4, 0.5) is 5.13 Å². The maximum absolute atomic E-state index is 12.6. The van der Waals surface area contributed by atoms with Crippen molar-refractivity contribution in [3.63, 3.8) is 0 Å². The lowest BCUT2D eigenvalue weighted by Crippen LogP contribution is -2.51. The van der Waals surface area contributed by atoms with Crippen molar-refractivity contribution >= 4 is 28.3 Å². The number of aryl methyl sites for hydroxylation is 1. The number of hydrogen-bond acceptors (Lipinski definition) is 5. The number of morpholine rings is 1. The number of hydrogen-bond donors (Lipinski definition) is 1. The summed E-state index contributed by atoms with van der Waals surface area (Å²) in [7, 11) is 1.69. The molecule has 0 spiro atoms. The Labute approximate surface area is 138 Å². The molecule has 1 aliphatic rings. The Hall–Kier alpha value is -2.25. The van der Waals surface area contributed by atoms with Gasteiger partial charge >= 0.3 is 0 Å². The van der Waals surface area contributed by atoms with E-state index in [0.717, 1.165) is 11.1 Å². The molecular weight excluding hydrogens is 314 g/mol. The highest BCUT2D eigenvalue weighted by atomic mass is 32.1. The summed E-state index contributed by atoms with van der Waals surface area (Å²) in [6.07, 6.45) is 0.846. The van der Waals surface area contributed by atoms with E-state index < -0.39 is 12.1 Å². The highest BCUT2D eigenvalue weighted by Gasteiger charge is 2.40. The zero-order chi connectivity index (χ0) is 16.4. The molecule has 1 saturated heterocycles. The molecule has 6 nitrogen and oxygen atoms in total. The summed E-state index contributed by atoms with van der Waals surface area (Å²) < 4.78 is 5.54. The van der Waals surface area contributed by atoms with Crippen LogP contribution in [-0.2, 0) is 14.3 Å². The van der Waals surface area contributed by atoms with Crippen molar-refractivity contribution in [3.05, 3.63) is 47.0 Å². The van der Waals surface area contributed by atoms with Crippen LogP contribution < -0.4 is 5.32 Å². The Kier molecular flexibility index (Phi) is 4.40. The van der Waals surface area contributed by atoms with Gasteiger partial charge in [-0.2, -0.15) is 0 Å². The summed E-state index contributed by atoms with van der Waals surface area (Å²) in [5.41, 5.74) is 1.98. The molecule has 0 unspecified atom stereocenters. The lowest BCUT2D eigenvalue weighted by molar-refractivity contribution is -0.160. The number of nitrogens with zero attached hydrogens (tertiary/aromatic N) is 2. The predicted octanol–water partition coefficient (Wildman–Crippen LogP) is 1.99. The molecule has 2 heterocycles. The van der Waals surface area contributed by atoms with Gasteiger partial charge in [0.05, 0.1) is 6.04 Å². The van der Waals surface area contributed by atoms with E-state index in [1.165, 1.54) is 11.3 Å². The Morgan fingerprint density at radius 3 is 2.78 bits per heavy atom. The van der Waals surface area contributed by atoms with Crippen LogP contribution in [0.25, 0.3) is 0 Å². The van der Waals surface area contributed by atoms with E-state index in [1.54, 1.807) is 23.5 Å². The normalized spacial score (nSPS) is 21.3. The van der Waals surface area contributed by atoms with E-state index in [-0.39, 0.29) is 18.4 Å². The minimum absolute atomic E-state index is 0.102. The van der Waals surface area contributed by atoms with Gasteiger partial charge in [0.2, 0.25) is 5.91 Å².